The fraction of sp³-hybridized carbons (Fsp3) is 0.188. The molecule has 20 heavy (non-hydrogen) atoms. The molecule has 0 aliphatic carbocycles. The van der Waals surface area contributed by atoms with Gasteiger partial charge in [0.05, 0.1) is 6.61 Å². The SMILES string of the molecule is Cc1ccc(C(=O)Cc2ccc3c(c2)B(O)OC3)cc1. The van der Waals surface area contributed by atoms with Crippen molar-refractivity contribution in [2.45, 2.75) is 20.0 Å². The van der Waals surface area contributed by atoms with Crippen LogP contribution in [-0.2, 0) is 17.7 Å². The van der Waals surface area contributed by atoms with Gasteiger partial charge in [0, 0.05) is 12.0 Å². The number of hydrogen-bond acceptors (Lipinski definition) is 3. The molecule has 1 heterocycles. The number of carbonyl (C=O) groups excluding carboxylic acids is 1. The second-order valence-electron chi connectivity index (χ2n) is 5.16. The first kappa shape index (κ1) is 13.1. The van der Waals surface area contributed by atoms with Crippen molar-refractivity contribution in [3.05, 3.63) is 64.7 Å². The summed E-state index contributed by atoms with van der Waals surface area (Å²) in [5.41, 5.74) is 4.52. The molecule has 0 radical (unpaired) electrons. The summed E-state index contributed by atoms with van der Waals surface area (Å²) in [5.74, 6) is 0.0818. The Hall–Kier alpha value is -1.91. The van der Waals surface area contributed by atoms with Crippen LogP contribution in [0.15, 0.2) is 42.5 Å². The van der Waals surface area contributed by atoms with E-state index in [4.69, 9.17) is 4.65 Å². The van der Waals surface area contributed by atoms with Crippen molar-refractivity contribution in [1.29, 1.82) is 0 Å². The highest BCUT2D eigenvalue weighted by molar-refractivity contribution is 6.61. The van der Waals surface area contributed by atoms with E-state index in [0.717, 1.165) is 22.2 Å². The molecular weight excluding hydrogens is 251 g/mol. The third-order valence-electron chi connectivity index (χ3n) is 3.61. The predicted octanol–water partition coefficient (Wildman–Crippen LogP) is 1.64. The van der Waals surface area contributed by atoms with Gasteiger partial charge in [-0.1, -0.05) is 48.0 Å². The molecule has 0 saturated heterocycles. The average Bonchev–Trinajstić information content (AvgIpc) is 2.81. The monoisotopic (exact) mass is 266 g/mol. The van der Waals surface area contributed by atoms with Gasteiger partial charge < -0.3 is 9.68 Å². The van der Waals surface area contributed by atoms with Gasteiger partial charge in [0.1, 0.15) is 0 Å². The predicted molar refractivity (Wildman–Crippen MR) is 78.1 cm³/mol. The minimum absolute atomic E-state index is 0.0818. The van der Waals surface area contributed by atoms with Crippen LogP contribution in [0.25, 0.3) is 0 Å². The molecule has 0 bridgehead atoms. The zero-order valence-electron chi connectivity index (χ0n) is 11.3. The van der Waals surface area contributed by atoms with Gasteiger partial charge in [-0.2, -0.15) is 0 Å². The van der Waals surface area contributed by atoms with E-state index in [9.17, 15) is 9.82 Å². The van der Waals surface area contributed by atoms with E-state index >= 15 is 0 Å². The Morgan fingerprint density at radius 2 is 2.00 bits per heavy atom. The van der Waals surface area contributed by atoms with E-state index in [-0.39, 0.29) is 5.78 Å². The number of Topliss-reactive ketones (excluding diaryl/α,β-unsaturated/α-hetero) is 1. The molecule has 1 aliphatic heterocycles. The van der Waals surface area contributed by atoms with E-state index in [2.05, 4.69) is 0 Å². The first-order valence-corrected chi connectivity index (χ1v) is 6.65. The van der Waals surface area contributed by atoms with Crippen LogP contribution in [0.3, 0.4) is 0 Å². The largest absolute Gasteiger partial charge is 0.491 e. The lowest BCUT2D eigenvalue weighted by atomic mass is 9.78. The Kier molecular flexibility index (Phi) is 3.43. The highest BCUT2D eigenvalue weighted by atomic mass is 16.5. The standard InChI is InChI=1S/C16H15BO3/c1-11-2-5-13(6-3-11)16(18)9-12-4-7-14-10-20-17(19)15(14)8-12/h2-8,19H,9-10H2,1H3. The Balaban J connectivity index is 1.79. The van der Waals surface area contributed by atoms with E-state index < -0.39 is 7.12 Å². The number of ketones is 1. The second-order valence-corrected chi connectivity index (χ2v) is 5.16. The minimum atomic E-state index is -0.862. The van der Waals surface area contributed by atoms with E-state index in [1.54, 1.807) is 0 Å². The normalized spacial score (nSPS) is 13.4. The Morgan fingerprint density at radius 1 is 1.25 bits per heavy atom. The fourth-order valence-corrected chi connectivity index (χ4v) is 2.40. The highest BCUT2D eigenvalue weighted by Gasteiger charge is 2.27. The van der Waals surface area contributed by atoms with Crippen LogP contribution in [0.5, 0.6) is 0 Å². The summed E-state index contributed by atoms with van der Waals surface area (Å²) < 4.78 is 5.15. The van der Waals surface area contributed by atoms with Crippen LogP contribution in [-0.4, -0.2) is 17.9 Å². The molecule has 0 fully saturated rings. The zero-order valence-corrected chi connectivity index (χ0v) is 11.3. The summed E-state index contributed by atoms with van der Waals surface area (Å²) in [6.45, 7) is 2.43. The second kappa shape index (κ2) is 5.23. The van der Waals surface area contributed by atoms with E-state index in [1.165, 1.54) is 0 Å². The first-order valence-electron chi connectivity index (χ1n) is 6.65. The van der Waals surface area contributed by atoms with Crippen molar-refractivity contribution in [2.24, 2.45) is 0 Å². The van der Waals surface area contributed by atoms with E-state index in [1.807, 2.05) is 49.4 Å². The number of fused-ring (bicyclic) bond motifs is 1. The van der Waals surface area contributed by atoms with Crippen molar-refractivity contribution < 1.29 is 14.5 Å². The van der Waals surface area contributed by atoms with Crippen molar-refractivity contribution in [1.82, 2.24) is 0 Å². The minimum Gasteiger partial charge on any atom is -0.423 e. The Morgan fingerprint density at radius 3 is 2.75 bits per heavy atom. The average molecular weight is 266 g/mol. The summed E-state index contributed by atoms with van der Waals surface area (Å²) in [6.07, 6.45) is 0.336. The molecule has 0 amide bonds. The Bertz CT molecular complexity index is 649. The molecule has 2 aromatic carbocycles. The van der Waals surface area contributed by atoms with Gasteiger partial charge in [-0.3, -0.25) is 4.79 Å². The van der Waals surface area contributed by atoms with Crippen LogP contribution in [0.1, 0.15) is 27.0 Å². The molecule has 0 saturated carbocycles. The van der Waals surface area contributed by atoms with Crippen molar-refractivity contribution in [2.75, 3.05) is 0 Å². The Labute approximate surface area is 118 Å². The van der Waals surface area contributed by atoms with Gasteiger partial charge in [-0.25, -0.2) is 0 Å². The number of rotatable bonds is 3. The lowest BCUT2D eigenvalue weighted by Crippen LogP contribution is -2.28. The molecule has 3 nitrogen and oxygen atoms in total. The number of benzene rings is 2. The number of carbonyl (C=O) groups is 1. The van der Waals surface area contributed by atoms with Gasteiger partial charge in [-0.15, -0.1) is 0 Å². The van der Waals surface area contributed by atoms with Crippen LogP contribution in [0.2, 0.25) is 0 Å². The highest BCUT2D eigenvalue weighted by Crippen LogP contribution is 2.14. The van der Waals surface area contributed by atoms with Crippen LogP contribution in [0.4, 0.5) is 0 Å². The summed E-state index contributed by atoms with van der Waals surface area (Å²) >= 11 is 0. The van der Waals surface area contributed by atoms with Crippen LogP contribution >= 0.6 is 0 Å². The molecule has 2 aromatic rings. The van der Waals surface area contributed by atoms with Gasteiger partial charge in [0.2, 0.25) is 0 Å². The lowest BCUT2D eigenvalue weighted by molar-refractivity contribution is 0.0993. The summed E-state index contributed by atoms with van der Waals surface area (Å²) in [4.78, 5) is 12.2. The molecule has 0 aromatic heterocycles. The van der Waals surface area contributed by atoms with Gasteiger partial charge >= 0.3 is 7.12 Å². The number of hydrogen-bond donors (Lipinski definition) is 1. The molecule has 0 atom stereocenters. The molecule has 0 unspecified atom stereocenters. The maximum Gasteiger partial charge on any atom is 0.491 e. The maximum atomic E-state index is 12.2. The van der Waals surface area contributed by atoms with Crippen LogP contribution < -0.4 is 5.46 Å². The maximum absolute atomic E-state index is 12.2. The van der Waals surface area contributed by atoms with E-state index in [0.29, 0.717) is 18.6 Å². The summed E-state index contributed by atoms with van der Waals surface area (Å²) in [5, 5.41) is 9.68. The molecule has 100 valence electrons. The van der Waals surface area contributed by atoms with Crippen LogP contribution in [0, 0.1) is 6.92 Å². The molecule has 3 rings (SSSR count). The van der Waals surface area contributed by atoms with Gasteiger partial charge in [0.25, 0.3) is 0 Å². The molecule has 4 heteroatoms. The smallest absolute Gasteiger partial charge is 0.423 e. The zero-order chi connectivity index (χ0) is 14.1. The van der Waals surface area contributed by atoms with Crippen molar-refractivity contribution in [3.8, 4) is 0 Å². The van der Waals surface area contributed by atoms with Gasteiger partial charge in [0.15, 0.2) is 5.78 Å². The quantitative estimate of drug-likeness (QED) is 0.678. The fourth-order valence-electron chi connectivity index (χ4n) is 2.40. The van der Waals surface area contributed by atoms with Crippen molar-refractivity contribution in [3.63, 3.8) is 0 Å². The summed E-state index contributed by atoms with van der Waals surface area (Å²) in [7, 11) is -0.862. The summed E-state index contributed by atoms with van der Waals surface area (Å²) in [6, 6.07) is 13.3. The molecule has 1 aliphatic rings. The van der Waals surface area contributed by atoms with Crippen molar-refractivity contribution >= 4 is 18.4 Å². The molecular formula is C16H15BO3. The molecule has 1 N–H and O–H groups in total. The topological polar surface area (TPSA) is 46.5 Å². The van der Waals surface area contributed by atoms with Gasteiger partial charge in [-0.05, 0) is 23.5 Å². The third kappa shape index (κ3) is 2.53. The number of aryl methyl sites for hydroxylation is 1. The lowest BCUT2D eigenvalue weighted by Gasteiger charge is -2.05. The first-order chi connectivity index (χ1) is 9.63. The third-order valence-corrected chi connectivity index (χ3v) is 3.61. The molecule has 0 spiro atoms.